The zero-order valence-electron chi connectivity index (χ0n) is 14.9. The third-order valence-corrected chi connectivity index (χ3v) is 5.88. The molecule has 0 radical (unpaired) electrons. The van der Waals surface area contributed by atoms with Crippen LogP contribution in [0.15, 0.2) is 59.5 Å². The average molecular weight is 417 g/mol. The van der Waals surface area contributed by atoms with Crippen molar-refractivity contribution in [1.82, 2.24) is 5.32 Å². The quantitative estimate of drug-likeness (QED) is 0.629. The minimum Gasteiger partial charge on any atom is -0.480 e. The summed E-state index contributed by atoms with van der Waals surface area (Å²) in [4.78, 5) is 38.9. The molecule has 6 nitrogen and oxygen atoms in total. The number of anilines is 1. The minimum atomic E-state index is -1.11. The van der Waals surface area contributed by atoms with Crippen LogP contribution in [-0.4, -0.2) is 46.5 Å². The Labute approximate surface area is 172 Å². The Morgan fingerprint density at radius 1 is 1.18 bits per heavy atom. The van der Waals surface area contributed by atoms with E-state index < -0.39 is 29.7 Å². The van der Waals surface area contributed by atoms with Crippen LogP contribution in [0, 0.1) is 0 Å². The highest BCUT2D eigenvalue weighted by Gasteiger charge is 2.33. The summed E-state index contributed by atoms with van der Waals surface area (Å²) in [6.07, 6.45) is 0.433. The average Bonchev–Trinajstić information content (AvgIpc) is 2.81. The summed E-state index contributed by atoms with van der Waals surface area (Å²) in [5.74, 6) is -1.58. The van der Waals surface area contributed by atoms with Crippen molar-refractivity contribution in [2.45, 2.75) is 22.6 Å². The van der Waals surface area contributed by atoms with E-state index >= 15 is 0 Å². The smallest absolute Gasteiger partial charge is 0.323 e. The SMILES string of the molecule is O=C(O)CN1C(=O)[C@H](NC(=O)[C@H](S)Cc2ccccc2)CSc2ccccc21. The summed E-state index contributed by atoms with van der Waals surface area (Å²) in [7, 11) is 0. The highest BCUT2D eigenvalue weighted by molar-refractivity contribution is 7.99. The summed E-state index contributed by atoms with van der Waals surface area (Å²) in [5.41, 5.74) is 1.52. The second-order valence-corrected chi connectivity index (χ2v) is 8.05. The number of hydrogen-bond acceptors (Lipinski definition) is 5. The zero-order chi connectivity index (χ0) is 20.1. The molecule has 1 heterocycles. The van der Waals surface area contributed by atoms with Gasteiger partial charge in [-0.1, -0.05) is 42.5 Å². The van der Waals surface area contributed by atoms with E-state index in [1.807, 2.05) is 42.5 Å². The Morgan fingerprint density at radius 2 is 1.86 bits per heavy atom. The summed E-state index contributed by atoms with van der Waals surface area (Å²) >= 11 is 5.80. The molecule has 0 bridgehead atoms. The summed E-state index contributed by atoms with van der Waals surface area (Å²) < 4.78 is 0. The van der Waals surface area contributed by atoms with E-state index in [1.165, 1.54) is 16.7 Å². The molecule has 1 aliphatic rings. The molecule has 2 atom stereocenters. The Bertz CT molecular complexity index is 876. The number of benzene rings is 2. The normalized spacial score (nSPS) is 17.4. The van der Waals surface area contributed by atoms with Gasteiger partial charge in [-0.05, 0) is 24.1 Å². The van der Waals surface area contributed by atoms with Gasteiger partial charge in [0.15, 0.2) is 0 Å². The topological polar surface area (TPSA) is 86.7 Å². The molecule has 3 rings (SSSR count). The Morgan fingerprint density at radius 3 is 2.57 bits per heavy atom. The van der Waals surface area contributed by atoms with Gasteiger partial charge in [0.25, 0.3) is 5.91 Å². The van der Waals surface area contributed by atoms with Gasteiger partial charge < -0.3 is 10.4 Å². The molecular formula is C20H20N2O4S2. The first-order chi connectivity index (χ1) is 13.5. The van der Waals surface area contributed by atoms with Gasteiger partial charge in [0.05, 0.1) is 10.9 Å². The lowest BCUT2D eigenvalue weighted by Gasteiger charge is -2.25. The first kappa shape index (κ1) is 20.3. The standard InChI is InChI=1S/C20H20N2O4S2/c23-18(24)11-22-15-8-4-5-9-17(15)28-12-14(20(22)26)21-19(25)16(27)10-13-6-2-1-3-7-13/h1-9,14,16,27H,10-12H2,(H,21,25)(H,23,24)/t14-,16-/m1/s1. The number of carboxylic acids is 1. The van der Waals surface area contributed by atoms with Crippen molar-refractivity contribution < 1.29 is 19.5 Å². The van der Waals surface area contributed by atoms with Crippen molar-refractivity contribution in [3.63, 3.8) is 0 Å². The van der Waals surface area contributed by atoms with Crippen LogP contribution in [0.25, 0.3) is 0 Å². The molecule has 0 unspecified atom stereocenters. The van der Waals surface area contributed by atoms with Gasteiger partial charge in [-0.3, -0.25) is 19.3 Å². The lowest BCUT2D eigenvalue weighted by molar-refractivity contribution is -0.136. The first-order valence-corrected chi connectivity index (χ1v) is 10.2. The fraction of sp³-hybridized carbons (Fsp3) is 0.250. The van der Waals surface area contributed by atoms with Crippen LogP contribution in [-0.2, 0) is 20.8 Å². The fourth-order valence-electron chi connectivity index (χ4n) is 2.95. The summed E-state index contributed by atoms with van der Waals surface area (Å²) in [5, 5.41) is 11.4. The van der Waals surface area contributed by atoms with E-state index in [0.717, 1.165) is 10.5 Å². The molecule has 2 amide bonds. The van der Waals surface area contributed by atoms with Gasteiger partial charge in [-0.15, -0.1) is 11.8 Å². The van der Waals surface area contributed by atoms with Gasteiger partial charge in [0.1, 0.15) is 12.6 Å². The molecule has 1 aliphatic heterocycles. The fourth-order valence-corrected chi connectivity index (χ4v) is 4.31. The molecule has 0 fully saturated rings. The van der Waals surface area contributed by atoms with Gasteiger partial charge >= 0.3 is 5.97 Å². The monoisotopic (exact) mass is 416 g/mol. The van der Waals surface area contributed by atoms with Crippen molar-refractivity contribution >= 4 is 47.9 Å². The lowest BCUT2D eigenvalue weighted by Crippen LogP contribution is -2.52. The van der Waals surface area contributed by atoms with E-state index in [0.29, 0.717) is 17.9 Å². The number of para-hydroxylation sites is 1. The maximum absolute atomic E-state index is 13.0. The molecule has 2 aromatic carbocycles. The number of carboxylic acid groups (broad SMARTS) is 1. The number of hydrogen-bond donors (Lipinski definition) is 3. The maximum Gasteiger partial charge on any atom is 0.323 e. The Balaban J connectivity index is 1.74. The number of nitrogens with zero attached hydrogens (tertiary/aromatic N) is 1. The predicted octanol–water partition coefficient (Wildman–Crippen LogP) is 2.24. The van der Waals surface area contributed by atoms with Crippen molar-refractivity contribution in [1.29, 1.82) is 0 Å². The second-order valence-electron chi connectivity index (χ2n) is 6.36. The van der Waals surface area contributed by atoms with Gasteiger partial charge in [0.2, 0.25) is 5.91 Å². The number of nitrogens with one attached hydrogen (secondary N) is 1. The molecule has 8 heteroatoms. The van der Waals surface area contributed by atoms with Crippen LogP contribution in [0.1, 0.15) is 5.56 Å². The summed E-state index contributed by atoms with van der Waals surface area (Å²) in [6, 6.07) is 15.8. The van der Waals surface area contributed by atoms with Crippen LogP contribution in [0.4, 0.5) is 5.69 Å². The number of fused-ring (bicyclic) bond motifs is 1. The van der Waals surface area contributed by atoms with Crippen LogP contribution in [0.2, 0.25) is 0 Å². The molecule has 0 aliphatic carbocycles. The number of carbonyl (C=O) groups is 3. The van der Waals surface area contributed by atoms with Gasteiger partial charge in [0, 0.05) is 10.6 Å². The largest absolute Gasteiger partial charge is 0.480 e. The highest BCUT2D eigenvalue weighted by atomic mass is 32.2. The van der Waals surface area contributed by atoms with Crippen molar-refractivity contribution in [3.05, 3.63) is 60.2 Å². The highest BCUT2D eigenvalue weighted by Crippen LogP contribution is 2.34. The van der Waals surface area contributed by atoms with Gasteiger partial charge in [-0.25, -0.2) is 0 Å². The second kappa shape index (κ2) is 9.16. The first-order valence-electron chi connectivity index (χ1n) is 8.73. The molecule has 0 spiro atoms. The van der Waals surface area contributed by atoms with Crippen LogP contribution >= 0.6 is 24.4 Å². The van der Waals surface area contributed by atoms with E-state index in [2.05, 4.69) is 17.9 Å². The van der Waals surface area contributed by atoms with Crippen molar-refractivity contribution in [2.24, 2.45) is 0 Å². The third-order valence-electron chi connectivity index (χ3n) is 4.31. The van der Waals surface area contributed by atoms with Crippen LogP contribution in [0.3, 0.4) is 0 Å². The Kier molecular flexibility index (Phi) is 6.64. The van der Waals surface area contributed by atoms with E-state index in [4.69, 9.17) is 0 Å². The molecule has 0 saturated carbocycles. The molecule has 146 valence electrons. The molecular weight excluding hydrogens is 396 g/mol. The maximum atomic E-state index is 13.0. The van der Waals surface area contributed by atoms with E-state index in [1.54, 1.807) is 12.1 Å². The zero-order valence-corrected chi connectivity index (χ0v) is 16.7. The molecule has 0 saturated heterocycles. The number of amides is 2. The number of aliphatic carboxylic acids is 1. The van der Waals surface area contributed by atoms with Crippen molar-refractivity contribution in [3.8, 4) is 0 Å². The minimum absolute atomic E-state index is 0.323. The molecule has 0 aromatic heterocycles. The number of thioether (sulfide) groups is 1. The number of rotatable bonds is 6. The summed E-state index contributed by atoms with van der Waals surface area (Å²) in [6.45, 7) is -0.461. The third kappa shape index (κ3) is 4.88. The van der Waals surface area contributed by atoms with Crippen LogP contribution in [0.5, 0.6) is 0 Å². The molecule has 2 aromatic rings. The Hall–Kier alpha value is -2.45. The molecule has 2 N–H and O–H groups in total. The predicted molar refractivity (Wildman–Crippen MR) is 112 cm³/mol. The van der Waals surface area contributed by atoms with Crippen LogP contribution < -0.4 is 10.2 Å². The number of thiol groups is 1. The van der Waals surface area contributed by atoms with Gasteiger partial charge in [-0.2, -0.15) is 12.6 Å². The van der Waals surface area contributed by atoms with Crippen molar-refractivity contribution in [2.75, 3.05) is 17.2 Å². The van der Waals surface area contributed by atoms with E-state index in [9.17, 15) is 19.5 Å². The lowest BCUT2D eigenvalue weighted by atomic mass is 10.1. The van der Waals surface area contributed by atoms with E-state index in [-0.39, 0.29) is 5.91 Å². The molecule has 28 heavy (non-hydrogen) atoms. The number of carbonyl (C=O) groups excluding carboxylic acids is 2.